The summed E-state index contributed by atoms with van der Waals surface area (Å²) in [6, 6.07) is 9.51. The number of benzene rings is 1. The van der Waals surface area contributed by atoms with Crippen molar-refractivity contribution in [2.75, 3.05) is 31.1 Å². The molecule has 4 rings (SSSR count). The van der Waals surface area contributed by atoms with Gasteiger partial charge in [-0.05, 0) is 44.2 Å². The molecule has 1 saturated heterocycles. The van der Waals surface area contributed by atoms with E-state index in [2.05, 4.69) is 44.0 Å². The lowest BCUT2D eigenvalue weighted by atomic mass is 9.87. The standard InChI is InChI=1S/C21H26N4O/c1-15-20(16(2)26)14-22-21(23-15)25-11-9-24(10-12-25)19-8-7-17-5-3-4-6-18(17)13-19/h3-6,14,19H,7-13H2,1-2H3. The highest BCUT2D eigenvalue weighted by Gasteiger charge is 2.28. The monoisotopic (exact) mass is 350 g/mol. The molecule has 1 aromatic carbocycles. The van der Waals surface area contributed by atoms with Crippen molar-refractivity contribution in [3.8, 4) is 0 Å². The van der Waals surface area contributed by atoms with Crippen molar-refractivity contribution in [3.63, 3.8) is 0 Å². The topological polar surface area (TPSA) is 49.3 Å². The van der Waals surface area contributed by atoms with Gasteiger partial charge >= 0.3 is 0 Å². The van der Waals surface area contributed by atoms with Crippen LogP contribution in [0.15, 0.2) is 30.5 Å². The molecule has 26 heavy (non-hydrogen) atoms. The van der Waals surface area contributed by atoms with Crippen molar-refractivity contribution in [2.24, 2.45) is 0 Å². The summed E-state index contributed by atoms with van der Waals surface area (Å²) in [6.45, 7) is 7.42. The molecule has 1 aromatic heterocycles. The van der Waals surface area contributed by atoms with Crippen molar-refractivity contribution >= 4 is 11.7 Å². The molecular formula is C21H26N4O. The highest BCUT2D eigenvalue weighted by atomic mass is 16.1. The van der Waals surface area contributed by atoms with E-state index in [0.717, 1.165) is 37.8 Å². The normalized spacial score (nSPS) is 20.7. The predicted molar refractivity (Wildman–Crippen MR) is 103 cm³/mol. The summed E-state index contributed by atoms with van der Waals surface area (Å²) in [5.74, 6) is 0.776. The molecule has 2 heterocycles. The van der Waals surface area contributed by atoms with Gasteiger partial charge in [-0.3, -0.25) is 9.69 Å². The molecule has 1 fully saturated rings. The number of piperazine rings is 1. The number of carbonyl (C=O) groups excluding carboxylic acids is 1. The first-order chi connectivity index (χ1) is 12.6. The molecule has 0 N–H and O–H groups in total. The van der Waals surface area contributed by atoms with Crippen molar-refractivity contribution < 1.29 is 4.79 Å². The van der Waals surface area contributed by atoms with E-state index >= 15 is 0 Å². The van der Waals surface area contributed by atoms with Crippen LogP contribution in [0, 0.1) is 6.92 Å². The zero-order chi connectivity index (χ0) is 18.1. The Bertz CT molecular complexity index is 811. The summed E-state index contributed by atoms with van der Waals surface area (Å²) >= 11 is 0. The molecule has 1 aliphatic carbocycles. The van der Waals surface area contributed by atoms with E-state index in [1.165, 1.54) is 30.4 Å². The molecule has 1 aliphatic heterocycles. The number of aromatic nitrogens is 2. The average molecular weight is 350 g/mol. The molecule has 0 amide bonds. The Kier molecular flexibility index (Phi) is 4.72. The van der Waals surface area contributed by atoms with Gasteiger partial charge < -0.3 is 4.90 Å². The number of aryl methyl sites for hydroxylation is 2. The minimum absolute atomic E-state index is 0.0245. The minimum Gasteiger partial charge on any atom is -0.338 e. The van der Waals surface area contributed by atoms with Crippen LogP contribution >= 0.6 is 0 Å². The van der Waals surface area contributed by atoms with E-state index in [-0.39, 0.29) is 5.78 Å². The van der Waals surface area contributed by atoms with Gasteiger partial charge in [0.2, 0.25) is 5.95 Å². The number of carbonyl (C=O) groups is 1. The van der Waals surface area contributed by atoms with Crippen LogP contribution in [0.2, 0.25) is 0 Å². The second-order valence-corrected chi connectivity index (χ2v) is 7.41. The Morgan fingerprint density at radius 2 is 1.85 bits per heavy atom. The largest absolute Gasteiger partial charge is 0.338 e. The number of fused-ring (bicyclic) bond motifs is 1. The van der Waals surface area contributed by atoms with E-state index in [1.54, 1.807) is 13.1 Å². The molecule has 2 aliphatic rings. The summed E-state index contributed by atoms with van der Waals surface area (Å²) in [7, 11) is 0. The van der Waals surface area contributed by atoms with E-state index < -0.39 is 0 Å². The van der Waals surface area contributed by atoms with E-state index in [9.17, 15) is 4.79 Å². The molecule has 1 unspecified atom stereocenters. The molecule has 0 bridgehead atoms. The Morgan fingerprint density at radius 3 is 2.54 bits per heavy atom. The number of Topliss-reactive ketones (excluding diaryl/α,β-unsaturated/α-hetero) is 1. The summed E-state index contributed by atoms with van der Waals surface area (Å²) in [5.41, 5.74) is 4.43. The number of hydrogen-bond acceptors (Lipinski definition) is 5. The lowest BCUT2D eigenvalue weighted by Crippen LogP contribution is -2.52. The maximum Gasteiger partial charge on any atom is 0.225 e. The van der Waals surface area contributed by atoms with Crippen LogP contribution in [0.4, 0.5) is 5.95 Å². The summed E-state index contributed by atoms with van der Waals surface area (Å²) in [6.07, 6.45) is 5.28. The molecule has 0 spiro atoms. The van der Waals surface area contributed by atoms with Crippen molar-refractivity contribution in [1.82, 2.24) is 14.9 Å². The maximum absolute atomic E-state index is 11.6. The van der Waals surface area contributed by atoms with Crippen molar-refractivity contribution in [1.29, 1.82) is 0 Å². The van der Waals surface area contributed by atoms with Gasteiger partial charge in [0.05, 0.1) is 11.3 Å². The average Bonchev–Trinajstić information content (AvgIpc) is 2.67. The highest BCUT2D eigenvalue weighted by molar-refractivity contribution is 5.94. The Hall–Kier alpha value is -2.27. The number of anilines is 1. The molecule has 5 heteroatoms. The van der Waals surface area contributed by atoms with E-state index in [1.807, 2.05) is 6.92 Å². The quantitative estimate of drug-likeness (QED) is 0.797. The second-order valence-electron chi connectivity index (χ2n) is 7.41. The molecule has 0 saturated carbocycles. The molecule has 0 radical (unpaired) electrons. The summed E-state index contributed by atoms with van der Waals surface area (Å²) < 4.78 is 0. The molecule has 136 valence electrons. The number of nitrogens with zero attached hydrogens (tertiary/aromatic N) is 4. The molecule has 1 atom stereocenters. The zero-order valence-corrected chi connectivity index (χ0v) is 15.6. The molecular weight excluding hydrogens is 324 g/mol. The van der Waals surface area contributed by atoms with Crippen LogP contribution in [-0.4, -0.2) is 52.9 Å². The van der Waals surface area contributed by atoms with Gasteiger partial charge in [0.15, 0.2) is 5.78 Å². The van der Waals surface area contributed by atoms with Crippen LogP contribution in [0.3, 0.4) is 0 Å². The summed E-state index contributed by atoms with van der Waals surface area (Å²) in [5, 5.41) is 0. The van der Waals surface area contributed by atoms with E-state index in [0.29, 0.717) is 11.6 Å². The fourth-order valence-corrected chi connectivity index (χ4v) is 4.23. The smallest absolute Gasteiger partial charge is 0.225 e. The first-order valence-corrected chi connectivity index (χ1v) is 9.52. The van der Waals surface area contributed by atoms with E-state index in [4.69, 9.17) is 0 Å². The van der Waals surface area contributed by atoms with Gasteiger partial charge in [0, 0.05) is 38.4 Å². The first-order valence-electron chi connectivity index (χ1n) is 9.52. The minimum atomic E-state index is 0.0245. The van der Waals surface area contributed by atoms with Crippen LogP contribution in [0.25, 0.3) is 0 Å². The maximum atomic E-state index is 11.6. The predicted octanol–water partition coefficient (Wildman–Crippen LogP) is 2.67. The Morgan fingerprint density at radius 1 is 1.12 bits per heavy atom. The first kappa shape index (κ1) is 17.2. The second kappa shape index (κ2) is 7.16. The number of hydrogen-bond donors (Lipinski definition) is 0. The highest BCUT2D eigenvalue weighted by Crippen LogP contribution is 2.25. The number of ketones is 1. The lowest BCUT2D eigenvalue weighted by Gasteiger charge is -2.41. The van der Waals surface area contributed by atoms with Gasteiger partial charge in [-0.15, -0.1) is 0 Å². The van der Waals surface area contributed by atoms with Gasteiger partial charge in [-0.2, -0.15) is 0 Å². The Labute approximate surface area is 155 Å². The molecule has 2 aromatic rings. The van der Waals surface area contributed by atoms with Gasteiger partial charge in [0.25, 0.3) is 0 Å². The van der Waals surface area contributed by atoms with Gasteiger partial charge in [0.1, 0.15) is 0 Å². The Balaban J connectivity index is 1.39. The van der Waals surface area contributed by atoms with Crippen molar-refractivity contribution in [3.05, 3.63) is 52.8 Å². The van der Waals surface area contributed by atoms with Crippen LogP contribution < -0.4 is 4.90 Å². The molecule has 5 nitrogen and oxygen atoms in total. The third kappa shape index (κ3) is 3.36. The lowest BCUT2D eigenvalue weighted by molar-refractivity contribution is 0.101. The third-order valence-corrected chi connectivity index (χ3v) is 5.78. The third-order valence-electron chi connectivity index (χ3n) is 5.78. The zero-order valence-electron chi connectivity index (χ0n) is 15.6. The number of rotatable bonds is 3. The van der Waals surface area contributed by atoms with Crippen LogP contribution in [0.1, 0.15) is 40.5 Å². The summed E-state index contributed by atoms with van der Waals surface area (Å²) in [4.78, 5) is 25.4. The van der Waals surface area contributed by atoms with Gasteiger partial charge in [-0.25, -0.2) is 9.97 Å². The fourth-order valence-electron chi connectivity index (χ4n) is 4.23. The fraction of sp³-hybridized carbons (Fsp3) is 0.476. The van der Waals surface area contributed by atoms with Gasteiger partial charge in [-0.1, -0.05) is 24.3 Å². The van der Waals surface area contributed by atoms with Crippen molar-refractivity contribution in [2.45, 2.75) is 39.2 Å². The van der Waals surface area contributed by atoms with Crippen LogP contribution in [0.5, 0.6) is 0 Å². The SMILES string of the molecule is CC(=O)c1cnc(N2CCN(C3CCc4ccccc4C3)CC2)nc1C. The van der Waals surface area contributed by atoms with Crippen LogP contribution in [-0.2, 0) is 12.8 Å².